The maximum atomic E-state index is 12.8. The Labute approximate surface area is 188 Å². The number of carbonyl (C=O) groups excluding carboxylic acids is 2. The van der Waals surface area contributed by atoms with E-state index in [0.29, 0.717) is 33.0 Å². The molecule has 1 heterocycles. The second-order valence-corrected chi connectivity index (χ2v) is 8.23. The van der Waals surface area contributed by atoms with E-state index in [0.717, 1.165) is 27.8 Å². The van der Waals surface area contributed by atoms with Crippen LogP contribution in [0.25, 0.3) is 6.08 Å². The monoisotopic (exact) mass is 455 g/mol. The summed E-state index contributed by atoms with van der Waals surface area (Å²) in [6.07, 6.45) is 1.68. The molecule has 0 aliphatic carbocycles. The molecule has 4 nitrogen and oxygen atoms in total. The SMILES string of the molecule is O=C1S/C(=C\c2ccc(OCc3ccccc3Cl)cc2)C(=O)N1c1ccccc1Cl. The molecule has 0 radical (unpaired) electrons. The Balaban J connectivity index is 1.47. The topological polar surface area (TPSA) is 46.6 Å². The Morgan fingerprint density at radius 3 is 2.23 bits per heavy atom. The number of carbonyl (C=O) groups is 2. The quantitative estimate of drug-likeness (QED) is 0.396. The zero-order valence-electron chi connectivity index (χ0n) is 15.5. The molecule has 150 valence electrons. The fraction of sp³-hybridized carbons (Fsp3) is 0.0435. The third kappa shape index (κ3) is 4.38. The standard InChI is InChI=1S/C23H15Cl2NO3S/c24-18-6-2-1-5-16(18)14-29-17-11-9-15(10-12-17)13-21-22(27)26(23(28)30-21)20-8-4-3-7-19(20)25/h1-13H,14H2/b21-13-. The summed E-state index contributed by atoms with van der Waals surface area (Å²) in [5, 5.41) is 0.628. The van der Waals surface area contributed by atoms with Crippen LogP contribution < -0.4 is 9.64 Å². The van der Waals surface area contributed by atoms with Crippen LogP contribution in [-0.2, 0) is 11.4 Å². The van der Waals surface area contributed by atoms with Crippen molar-refractivity contribution in [1.82, 2.24) is 0 Å². The maximum Gasteiger partial charge on any atom is 0.298 e. The highest BCUT2D eigenvalue weighted by atomic mass is 35.5. The molecule has 1 aliphatic rings. The predicted octanol–water partition coefficient (Wildman–Crippen LogP) is 6.81. The molecular formula is C23H15Cl2NO3S. The van der Waals surface area contributed by atoms with Gasteiger partial charge in [-0.2, -0.15) is 0 Å². The highest BCUT2D eigenvalue weighted by Gasteiger charge is 2.37. The molecule has 4 rings (SSSR count). The second-order valence-electron chi connectivity index (χ2n) is 6.42. The zero-order valence-corrected chi connectivity index (χ0v) is 17.9. The molecule has 3 aromatic carbocycles. The van der Waals surface area contributed by atoms with Crippen LogP contribution in [0.3, 0.4) is 0 Å². The number of hydrogen-bond donors (Lipinski definition) is 0. The first kappa shape index (κ1) is 20.5. The average molecular weight is 456 g/mol. The zero-order chi connectivity index (χ0) is 21.1. The molecule has 1 fully saturated rings. The molecule has 0 unspecified atom stereocenters. The number of ether oxygens (including phenoxy) is 1. The van der Waals surface area contributed by atoms with Crippen molar-refractivity contribution in [2.45, 2.75) is 6.61 Å². The van der Waals surface area contributed by atoms with Gasteiger partial charge in [-0.3, -0.25) is 9.59 Å². The Bertz CT molecular complexity index is 1150. The Morgan fingerprint density at radius 2 is 1.53 bits per heavy atom. The number of amides is 2. The van der Waals surface area contributed by atoms with Gasteiger partial charge in [0, 0.05) is 10.6 Å². The van der Waals surface area contributed by atoms with Crippen molar-refractivity contribution in [2.24, 2.45) is 0 Å². The van der Waals surface area contributed by atoms with Gasteiger partial charge in [0.25, 0.3) is 11.1 Å². The van der Waals surface area contributed by atoms with Gasteiger partial charge in [0.05, 0.1) is 15.6 Å². The van der Waals surface area contributed by atoms with Crippen LogP contribution in [0.15, 0.2) is 77.7 Å². The summed E-state index contributed by atoms with van der Waals surface area (Å²) in [4.78, 5) is 26.6. The summed E-state index contributed by atoms with van der Waals surface area (Å²) in [5.41, 5.74) is 2.06. The van der Waals surface area contributed by atoms with Gasteiger partial charge >= 0.3 is 0 Å². The first-order valence-corrected chi connectivity index (χ1v) is 10.6. The lowest BCUT2D eigenvalue weighted by Crippen LogP contribution is -2.27. The minimum Gasteiger partial charge on any atom is -0.489 e. The fourth-order valence-electron chi connectivity index (χ4n) is 2.90. The summed E-state index contributed by atoms with van der Waals surface area (Å²) in [7, 11) is 0. The Morgan fingerprint density at radius 1 is 0.867 bits per heavy atom. The van der Waals surface area contributed by atoms with E-state index in [4.69, 9.17) is 27.9 Å². The first-order valence-electron chi connectivity index (χ1n) is 9.02. The minimum absolute atomic E-state index is 0.338. The first-order chi connectivity index (χ1) is 14.5. The molecule has 0 atom stereocenters. The van der Waals surface area contributed by atoms with Crippen molar-refractivity contribution in [3.8, 4) is 5.75 Å². The molecule has 3 aromatic rings. The van der Waals surface area contributed by atoms with Gasteiger partial charge in [-0.1, -0.05) is 65.7 Å². The largest absolute Gasteiger partial charge is 0.489 e. The van der Waals surface area contributed by atoms with Gasteiger partial charge in [-0.05, 0) is 53.7 Å². The number of halogens is 2. The number of para-hydroxylation sites is 1. The summed E-state index contributed by atoms with van der Waals surface area (Å²) in [6, 6.07) is 21.5. The number of thioether (sulfide) groups is 1. The van der Waals surface area contributed by atoms with Crippen LogP contribution in [0.5, 0.6) is 5.75 Å². The normalized spacial score (nSPS) is 15.1. The van der Waals surface area contributed by atoms with Crippen molar-refractivity contribution in [1.29, 1.82) is 0 Å². The number of rotatable bonds is 5. The van der Waals surface area contributed by atoms with Crippen molar-refractivity contribution in [3.63, 3.8) is 0 Å². The molecule has 0 N–H and O–H groups in total. The van der Waals surface area contributed by atoms with Crippen molar-refractivity contribution in [3.05, 3.63) is 98.9 Å². The lowest BCUT2D eigenvalue weighted by molar-refractivity contribution is -0.113. The maximum absolute atomic E-state index is 12.8. The van der Waals surface area contributed by atoms with Crippen LogP contribution in [0.1, 0.15) is 11.1 Å². The Hall–Kier alpha value is -2.73. The summed E-state index contributed by atoms with van der Waals surface area (Å²) >= 11 is 13.2. The molecule has 1 aliphatic heterocycles. The van der Waals surface area contributed by atoms with E-state index in [1.165, 1.54) is 0 Å². The van der Waals surface area contributed by atoms with Gasteiger partial charge in [0.1, 0.15) is 12.4 Å². The van der Waals surface area contributed by atoms with Crippen LogP contribution >= 0.6 is 35.0 Å². The second kappa shape index (κ2) is 8.96. The van der Waals surface area contributed by atoms with Crippen LogP contribution in [0.2, 0.25) is 10.0 Å². The van der Waals surface area contributed by atoms with Gasteiger partial charge in [0.2, 0.25) is 0 Å². The third-order valence-corrected chi connectivity index (χ3v) is 5.98. The summed E-state index contributed by atoms with van der Waals surface area (Å²) in [6.45, 7) is 0.357. The number of imide groups is 1. The number of nitrogens with zero attached hydrogens (tertiary/aromatic N) is 1. The predicted molar refractivity (Wildman–Crippen MR) is 122 cm³/mol. The van der Waals surface area contributed by atoms with Crippen molar-refractivity contribution in [2.75, 3.05) is 4.90 Å². The molecule has 1 saturated heterocycles. The summed E-state index contributed by atoms with van der Waals surface area (Å²) in [5.74, 6) is 0.286. The lowest BCUT2D eigenvalue weighted by atomic mass is 10.2. The van der Waals surface area contributed by atoms with E-state index in [1.807, 2.05) is 36.4 Å². The van der Waals surface area contributed by atoms with Crippen LogP contribution in [-0.4, -0.2) is 11.1 Å². The van der Waals surface area contributed by atoms with Gasteiger partial charge in [-0.15, -0.1) is 0 Å². The van der Waals surface area contributed by atoms with Crippen LogP contribution in [0, 0.1) is 0 Å². The van der Waals surface area contributed by atoms with Gasteiger partial charge < -0.3 is 4.74 Å². The molecule has 0 spiro atoms. The molecule has 0 saturated carbocycles. The van der Waals surface area contributed by atoms with E-state index in [2.05, 4.69) is 0 Å². The minimum atomic E-state index is -0.392. The molecule has 2 amide bonds. The molecular weight excluding hydrogens is 441 g/mol. The van der Waals surface area contributed by atoms with E-state index < -0.39 is 5.91 Å². The molecule has 0 bridgehead atoms. The van der Waals surface area contributed by atoms with Crippen LogP contribution in [0.4, 0.5) is 10.5 Å². The lowest BCUT2D eigenvalue weighted by Gasteiger charge is -2.13. The van der Waals surface area contributed by atoms with E-state index in [-0.39, 0.29) is 5.24 Å². The van der Waals surface area contributed by atoms with Gasteiger partial charge in [0.15, 0.2) is 0 Å². The Kier molecular flexibility index (Phi) is 6.13. The molecule has 7 heteroatoms. The smallest absolute Gasteiger partial charge is 0.298 e. The third-order valence-electron chi connectivity index (χ3n) is 4.42. The van der Waals surface area contributed by atoms with E-state index >= 15 is 0 Å². The van der Waals surface area contributed by atoms with E-state index in [1.54, 1.807) is 42.5 Å². The highest BCUT2D eigenvalue weighted by Crippen LogP contribution is 2.38. The molecule has 30 heavy (non-hydrogen) atoms. The van der Waals surface area contributed by atoms with E-state index in [9.17, 15) is 9.59 Å². The fourth-order valence-corrected chi connectivity index (χ4v) is 4.14. The number of hydrogen-bond acceptors (Lipinski definition) is 4. The van der Waals surface area contributed by atoms with Gasteiger partial charge in [-0.25, -0.2) is 4.90 Å². The number of anilines is 1. The number of benzene rings is 3. The van der Waals surface area contributed by atoms with Crippen molar-refractivity contribution >= 4 is 57.9 Å². The highest BCUT2D eigenvalue weighted by molar-refractivity contribution is 8.19. The molecule has 0 aromatic heterocycles. The van der Waals surface area contributed by atoms with Crippen molar-refractivity contribution < 1.29 is 14.3 Å². The summed E-state index contributed by atoms with van der Waals surface area (Å²) < 4.78 is 5.77. The average Bonchev–Trinajstić information content (AvgIpc) is 3.02.